The molecule has 1 aromatic rings. The van der Waals surface area contributed by atoms with Gasteiger partial charge in [-0.3, -0.25) is 14.5 Å². The quantitative estimate of drug-likeness (QED) is 0.915. The number of aromatic nitrogens is 1. The number of pyridine rings is 1. The van der Waals surface area contributed by atoms with Gasteiger partial charge in [0.15, 0.2) is 0 Å². The van der Waals surface area contributed by atoms with Gasteiger partial charge in [0.05, 0.1) is 5.69 Å². The Morgan fingerprint density at radius 2 is 1.88 bits per heavy atom. The van der Waals surface area contributed by atoms with Gasteiger partial charge >= 0.3 is 0 Å². The third kappa shape index (κ3) is 4.32. The van der Waals surface area contributed by atoms with Crippen LogP contribution in [0.4, 0.5) is 5.82 Å². The molecule has 0 radical (unpaired) electrons. The van der Waals surface area contributed by atoms with E-state index in [-0.39, 0.29) is 17.7 Å². The standard InChI is InChI=1S/C18H26N4O2/c1-14(23)22-11-9-21(10-12-22)13-16-7-4-8-17(19-16)20-18(24)15-5-2-3-6-15/h4,7-8,15H,2-3,5-6,9-13H2,1H3,(H,19,20,24). The largest absolute Gasteiger partial charge is 0.340 e. The Morgan fingerprint density at radius 3 is 2.54 bits per heavy atom. The van der Waals surface area contributed by atoms with Gasteiger partial charge in [-0.25, -0.2) is 4.98 Å². The maximum Gasteiger partial charge on any atom is 0.228 e. The summed E-state index contributed by atoms with van der Waals surface area (Å²) in [7, 11) is 0. The topological polar surface area (TPSA) is 65.5 Å². The molecular weight excluding hydrogens is 304 g/mol. The second-order valence-corrected chi connectivity index (χ2v) is 6.77. The van der Waals surface area contributed by atoms with Gasteiger partial charge in [-0.05, 0) is 25.0 Å². The molecule has 3 rings (SSSR count). The monoisotopic (exact) mass is 330 g/mol. The average Bonchev–Trinajstić information content (AvgIpc) is 3.10. The van der Waals surface area contributed by atoms with Crippen LogP contribution in [0, 0.1) is 5.92 Å². The van der Waals surface area contributed by atoms with Gasteiger partial charge in [-0.2, -0.15) is 0 Å². The van der Waals surface area contributed by atoms with Crippen molar-refractivity contribution in [1.29, 1.82) is 0 Å². The van der Waals surface area contributed by atoms with E-state index in [1.54, 1.807) is 6.92 Å². The lowest BCUT2D eigenvalue weighted by atomic mass is 10.1. The summed E-state index contributed by atoms with van der Waals surface area (Å²) < 4.78 is 0. The minimum atomic E-state index is 0.104. The van der Waals surface area contributed by atoms with Crippen LogP contribution in [0.15, 0.2) is 18.2 Å². The van der Waals surface area contributed by atoms with Crippen molar-refractivity contribution < 1.29 is 9.59 Å². The molecule has 0 aromatic carbocycles. The summed E-state index contributed by atoms with van der Waals surface area (Å²) in [5.41, 5.74) is 0.954. The van der Waals surface area contributed by atoms with Crippen LogP contribution < -0.4 is 5.32 Å². The third-order valence-electron chi connectivity index (χ3n) is 4.99. The van der Waals surface area contributed by atoms with Crippen molar-refractivity contribution in [2.75, 3.05) is 31.5 Å². The van der Waals surface area contributed by atoms with Crippen LogP contribution in [0.2, 0.25) is 0 Å². The van der Waals surface area contributed by atoms with Crippen LogP contribution in [0.3, 0.4) is 0 Å². The third-order valence-corrected chi connectivity index (χ3v) is 4.99. The molecule has 6 heteroatoms. The van der Waals surface area contributed by atoms with E-state index in [0.717, 1.165) is 64.1 Å². The number of nitrogens with one attached hydrogen (secondary N) is 1. The maximum atomic E-state index is 12.2. The zero-order valence-corrected chi connectivity index (χ0v) is 14.3. The Labute approximate surface area is 143 Å². The van der Waals surface area contributed by atoms with Crippen molar-refractivity contribution in [2.45, 2.75) is 39.2 Å². The predicted octanol–water partition coefficient (Wildman–Crippen LogP) is 1.87. The minimum Gasteiger partial charge on any atom is -0.340 e. The number of amides is 2. The van der Waals surface area contributed by atoms with E-state index in [9.17, 15) is 9.59 Å². The molecule has 6 nitrogen and oxygen atoms in total. The van der Waals surface area contributed by atoms with Gasteiger partial charge < -0.3 is 10.2 Å². The summed E-state index contributed by atoms with van der Waals surface area (Å²) in [6.45, 7) is 5.63. The van der Waals surface area contributed by atoms with Crippen LogP contribution >= 0.6 is 0 Å². The molecular formula is C18H26N4O2. The average molecular weight is 330 g/mol. The van der Waals surface area contributed by atoms with Crippen molar-refractivity contribution in [2.24, 2.45) is 5.92 Å². The molecule has 0 bridgehead atoms. The molecule has 24 heavy (non-hydrogen) atoms. The lowest BCUT2D eigenvalue weighted by Crippen LogP contribution is -2.47. The van der Waals surface area contributed by atoms with Gasteiger partial charge in [0, 0.05) is 45.6 Å². The summed E-state index contributed by atoms with van der Waals surface area (Å²) in [5, 5.41) is 2.96. The van der Waals surface area contributed by atoms with E-state index in [4.69, 9.17) is 0 Å². The first-order valence-electron chi connectivity index (χ1n) is 8.86. The number of rotatable bonds is 4. The molecule has 1 aliphatic carbocycles. The second-order valence-electron chi connectivity index (χ2n) is 6.77. The Kier molecular flexibility index (Phi) is 5.45. The SMILES string of the molecule is CC(=O)N1CCN(Cc2cccc(NC(=O)C3CCCC3)n2)CC1. The molecule has 130 valence electrons. The highest BCUT2D eigenvalue weighted by Gasteiger charge is 2.23. The highest BCUT2D eigenvalue weighted by atomic mass is 16.2. The van der Waals surface area contributed by atoms with Crippen molar-refractivity contribution in [1.82, 2.24) is 14.8 Å². The molecule has 0 atom stereocenters. The molecule has 1 saturated carbocycles. The Bertz CT molecular complexity index is 590. The van der Waals surface area contributed by atoms with Crippen molar-refractivity contribution in [3.8, 4) is 0 Å². The van der Waals surface area contributed by atoms with Crippen LogP contribution in [0.25, 0.3) is 0 Å². The van der Waals surface area contributed by atoms with Gasteiger partial charge in [-0.1, -0.05) is 18.9 Å². The fourth-order valence-corrected chi connectivity index (χ4v) is 3.50. The normalized spacial score (nSPS) is 19.5. The summed E-state index contributed by atoms with van der Waals surface area (Å²) in [5.74, 6) is 1.04. The van der Waals surface area contributed by atoms with E-state index in [1.165, 1.54) is 0 Å². The van der Waals surface area contributed by atoms with E-state index in [2.05, 4.69) is 15.2 Å². The molecule has 2 heterocycles. The minimum absolute atomic E-state index is 0.104. The molecule has 1 aliphatic heterocycles. The molecule has 0 unspecified atom stereocenters. The second kappa shape index (κ2) is 7.75. The zero-order valence-electron chi connectivity index (χ0n) is 14.3. The molecule has 0 spiro atoms. The summed E-state index contributed by atoms with van der Waals surface area (Å²) in [6, 6.07) is 5.78. The maximum absolute atomic E-state index is 12.2. The molecule has 1 aromatic heterocycles. The van der Waals surface area contributed by atoms with E-state index in [0.29, 0.717) is 5.82 Å². The molecule has 2 amide bonds. The van der Waals surface area contributed by atoms with Crippen molar-refractivity contribution in [3.05, 3.63) is 23.9 Å². The number of piperazine rings is 1. The Morgan fingerprint density at radius 1 is 1.17 bits per heavy atom. The number of nitrogens with zero attached hydrogens (tertiary/aromatic N) is 3. The Balaban J connectivity index is 1.53. The van der Waals surface area contributed by atoms with Gasteiger partial charge in [0.1, 0.15) is 5.82 Å². The fourth-order valence-electron chi connectivity index (χ4n) is 3.50. The van der Waals surface area contributed by atoms with Crippen LogP contribution in [-0.2, 0) is 16.1 Å². The van der Waals surface area contributed by atoms with E-state index >= 15 is 0 Å². The number of hydrogen-bond acceptors (Lipinski definition) is 4. The lowest BCUT2D eigenvalue weighted by Gasteiger charge is -2.33. The number of hydrogen-bond donors (Lipinski definition) is 1. The molecule has 2 fully saturated rings. The van der Waals surface area contributed by atoms with Crippen LogP contribution in [0.5, 0.6) is 0 Å². The van der Waals surface area contributed by atoms with E-state index in [1.807, 2.05) is 23.1 Å². The smallest absolute Gasteiger partial charge is 0.228 e. The van der Waals surface area contributed by atoms with Gasteiger partial charge in [0.25, 0.3) is 0 Å². The van der Waals surface area contributed by atoms with Crippen molar-refractivity contribution >= 4 is 17.6 Å². The number of carbonyl (C=O) groups is 2. The summed E-state index contributed by atoms with van der Waals surface area (Å²) in [4.78, 5) is 32.3. The summed E-state index contributed by atoms with van der Waals surface area (Å²) in [6.07, 6.45) is 4.29. The van der Waals surface area contributed by atoms with Crippen molar-refractivity contribution in [3.63, 3.8) is 0 Å². The van der Waals surface area contributed by atoms with E-state index < -0.39 is 0 Å². The molecule has 2 aliphatic rings. The summed E-state index contributed by atoms with van der Waals surface area (Å²) >= 11 is 0. The Hall–Kier alpha value is -1.95. The van der Waals surface area contributed by atoms with Crippen LogP contribution in [-0.4, -0.2) is 52.8 Å². The number of anilines is 1. The number of carbonyl (C=O) groups excluding carboxylic acids is 2. The highest BCUT2D eigenvalue weighted by Crippen LogP contribution is 2.25. The first-order chi connectivity index (χ1) is 11.6. The lowest BCUT2D eigenvalue weighted by molar-refractivity contribution is -0.130. The highest BCUT2D eigenvalue weighted by molar-refractivity contribution is 5.91. The molecule has 1 N–H and O–H groups in total. The predicted molar refractivity (Wildman–Crippen MR) is 92.4 cm³/mol. The molecule has 1 saturated heterocycles. The zero-order chi connectivity index (χ0) is 16.9. The fraction of sp³-hybridized carbons (Fsp3) is 0.611. The first kappa shape index (κ1) is 16.9. The van der Waals surface area contributed by atoms with Crippen LogP contribution in [0.1, 0.15) is 38.3 Å². The van der Waals surface area contributed by atoms with Gasteiger partial charge in [-0.15, -0.1) is 0 Å². The first-order valence-corrected chi connectivity index (χ1v) is 8.86. The van der Waals surface area contributed by atoms with Gasteiger partial charge in [0.2, 0.25) is 11.8 Å².